The molecule has 24 heavy (non-hydrogen) atoms. The van der Waals surface area contributed by atoms with E-state index in [4.69, 9.17) is 0 Å². The van der Waals surface area contributed by atoms with E-state index in [0.717, 1.165) is 5.01 Å². The van der Waals surface area contributed by atoms with E-state index >= 15 is 0 Å². The fraction of sp³-hybridized carbons (Fsp3) is 0.250. The predicted octanol–water partition coefficient (Wildman–Crippen LogP) is 2.00. The number of nitrogens with one attached hydrogen (secondary N) is 2. The number of anilines is 1. The number of thiazole rings is 1. The van der Waals surface area contributed by atoms with Gasteiger partial charge in [0.05, 0.1) is 18.5 Å². The molecule has 0 aliphatic rings. The molecule has 0 aliphatic carbocycles. The minimum Gasteiger partial charge on any atom is -0.469 e. The summed E-state index contributed by atoms with van der Waals surface area (Å²) in [6, 6.07) is 6.45. The number of esters is 1. The Morgan fingerprint density at radius 1 is 1.17 bits per heavy atom. The molecular weight excluding hydrogens is 330 g/mol. The van der Waals surface area contributed by atoms with E-state index < -0.39 is 0 Å². The van der Waals surface area contributed by atoms with Crippen LogP contribution in [-0.4, -0.2) is 36.4 Å². The van der Waals surface area contributed by atoms with Gasteiger partial charge in [-0.3, -0.25) is 14.4 Å². The van der Waals surface area contributed by atoms with E-state index in [1.165, 1.54) is 18.4 Å². The van der Waals surface area contributed by atoms with Crippen LogP contribution in [0.25, 0.3) is 0 Å². The van der Waals surface area contributed by atoms with Crippen LogP contribution in [-0.2, 0) is 9.53 Å². The van der Waals surface area contributed by atoms with Gasteiger partial charge in [0.15, 0.2) is 0 Å². The molecule has 8 heteroatoms. The van der Waals surface area contributed by atoms with Gasteiger partial charge in [-0.05, 0) is 31.2 Å². The van der Waals surface area contributed by atoms with Crippen LogP contribution >= 0.6 is 11.3 Å². The van der Waals surface area contributed by atoms with Crippen LogP contribution in [0, 0.1) is 6.92 Å². The van der Waals surface area contributed by atoms with Crippen LogP contribution in [0.5, 0.6) is 0 Å². The molecular formula is C16H17N3O4S. The first-order valence-electron chi connectivity index (χ1n) is 7.18. The Bertz CT molecular complexity index is 740. The molecule has 2 aromatic rings. The molecule has 0 fully saturated rings. The Morgan fingerprint density at radius 2 is 1.88 bits per heavy atom. The highest BCUT2D eigenvalue weighted by atomic mass is 32.1. The van der Waals surface area contributed by atoms with Gasteiger partial charge in [-0.15, -0.1) is 11.3 Å². The molecule has 1 aromatic heterocycles. The van der Waals surface area contributed by atoms with E-state index in [-0.39, 0.29) is 30.7 Å². The fourth-order valence-corrected chi connectivity index (χ4v) is 2.44. The average Bonchev–Trinajstić information content (AvgIpc) is 3.01. The van der Waals surface area contributed by atoms with Crippen molar-refractivity contribution in [3.05, 3.63) is 45.9 Å². The number of benzene rings is 1. The number of aromatic nitrogens is 1. The fourth-order valence-electron chi connectivity index (χ4n) is 1.85. The maximum Gasteiger partial charge on any atom is 0.307 e. The summed E-state index contributed by atoms with van der Waals surface area (Å²) in [5, 5.41) is 7.84. The SMILES string of the molecule is COC(=O)CCNC(=O)c1ccc(NC(=O)c2csc(C)n2)cc1. The van der Waals surface area contributed by atoms with Crippen molar-refractivity contribution in [2.75, 3.05) is 19.0 Å². The molecule has 0 bridgehead atoms. The average molecular weight is 347 g/mol. The Morgan fingerprint density at radius 3 is 2.46 bits per heavy atom. The Balaban J connectivity index is 1.89. The minimum absolute atomic E-state index is 0.115. The highest BCUT2D eigenvalue weighted by molar-refractivity contribution is 7.09. The van der Waals surface area contributed by atoms with Crippen molar-refractivity contribution in [1.29, 1.82) is 0 Å². The first kappa shape index (κ1) is 17.6. The largest absolute Gasteiger partial charge is 0.469 e. The van der Waals surface area contributed by atoms with Crippen LogP contribution in [0.15, 0.2) is 29.6 Å². The van der Waals surface area contributed by atoms with Crippen molar-refractivity contribution >= 4 is 34.8 Å². The lowest BCUT2D eigenvalue weighted by molar-refractivity contribution is -0.140. The van der Waals surface area contributed by atoms with Crippen LogP contribution in [0.4, 0.5) is 5.69 Å². The van der Waals surface area contributed by atoms with E-state index in [2.05, 4.69) is 20.4 Å². The summed E-state index contributed by atoms with van der Waals surface area (Å²) in [5.41, 5.74) is 1.36. The van der Waals surface area contributed by atoms with Gasteiger partial charge >= 0.3 is 5.97 Å². The molecule has 0 atom stereocenters. The quantitative estimate of drug-likeness (QED) is 0.779. The molecule has 0 aliphatic heterocycles. The van der Waals surface area contributed by atoms with E-state index in [9.17, 15) is 14.4 Å². The Labute approximate surface area is 143 Å². The third kappa shape index (κ3) is 4.88. The topological polar surface area (TPSA) is 97.4 Å². The summed E-state index contributed by atoms with van der Waals surface area (Å²) in [6.45, 7) is 2.03. The molecule has 7 nitrogen and oxygen atoms in total. The summed E-state index contributed by atoms with van der Waals surface area (Å²) in [4.78, 5) is 39.0. The van der Waals surface area contributed by atoms with Crippen molar-refractivity contribution < 1.29 is 19.1 Å². The number of ether oxygens (including phenoxy) is 1. The molecule has 1 aromatic carbocycles. The van der Waals surface area contributed by atoms with Crippen molar-refractivity contribution in [2.24, 2.45) is 0 Å². The number of nitrogens with zero attached hydrogens (tertiary/aromatic N) is 1. The summed E-state index contributed by atoms with van der Waals surface area (Å²) in [5.74, 6) is -0.979. The zero-order chi connectivity index (χ0) is 17.5. The molecule has 0 saturated heterocycles. The third-order valence-electron chi connectivity index (χ3n) is 3.10. The molecule has 0 radical (unpaired) electrons. The number of rotatable bonds is 6. The Kier molecular flexibility index (Phi) is 6.02. The number of hydrogen-bond acceptors (Lipinski definition) is 6. The zero-order valence-electron chi connectivity index (χ0n) is 13.3. The number of aryl methyl sites for hydroxylation is 1. The van der Waals surface area contributed by atoms with Crippen LogP contribution in [0.1, 0.15) is 32.3 Å². The summed E-state index contributed by atoms with van der Waals surface area (Å²) in [7, 11) is 1.30. The van der Waals surface area contributed by atoms with Crippen molar-refractivity contribution in [3.8, 4) is 0 Å². The first-order chi connectivity index (χ1) is 11.5. The van der Waals surface area contributed by atoms with Gasteiger partial charge in [0.2, 0.25) is 0 Å². The number of hydrogen-bond donors (Lipinski definition) is 2. The first-order valence-corrected chi connectivity index (χ1v) is 8.06. The normalized spacial score (nSPS) is 10.1. The molecule has 2 N–H and O–H groups in total. The highest BCUT2D eigenvalue weighted by Crippen LogP contribution is 2.13. The lowest BCUT2D eigenvalue weighted by Crippen LogP contribution is -2.26. The second-order valence-corrected chi connectivity index (χ2v) is 5.93. The maximum atomic E-state index is 12.0. The number of carbonyl (C=O) groups is 3. The summed E-state index contributed by atoms with van der Waals surface area (Å²) < 4.78 is 4.49. The molecule has 2 rings (SSSR count). The second kappa shape index (κ2) is 8.21. The second-order valence-electron chi connectivity index (χ2n) is 4.87. The van der Waals surface area contributed by atoms with Crippen molar-refractivity contribution in [1.82, 2.24) is 10.3 Å². The number of amides is 2. The van der Waals surface area contributed by atoms with Crippen LogP contribution in [0.3, 0.4) is 0 Å². The van der Waals surface area contributed by atoms with Crippen molar-refractivity contribution in [3.63, 3.8) is 0 Å². The van der Waals surface area contributed by atoms with Crippen molar-refractivity contribution in [2.45, 2.75) is 13.3 Å². The lowest BCUT2D eigenvalue weighted by atomic mass is 10.2. The van der Waals surface area contributed by atoms with E-state index in [0.29, 0.717) is 16.9 Å². The summed E-state index contributed by atoms with van der Waals surface area (Å²) in [6.07, 6.45) is 0.115. The third-order valence-corrected chi connectivity index (χ3v) is 3.87. The highest BCUT2D eigenvalue weighted by Gasteiger charge is 2.11. The van der Waals surface area contributed by atoms with Gasteiger partial charge in [0, 0.05) is 23.2 Å². The molecule has 126 valence electrons. The minimum atomic E-state index is -0.384. The smallest absolute Gasteiger partial charge is 0.307 e. The monoisotopic (exact) mass is 347 g/mol. The molecule has 0 saturated carbocycles. The van der Waals surface area contributed by atoms with Gasteiger partial charge in [-0.25, -0.2) is 4.98 Å². The number of methoxy groups -OCH3 is 1. The van der Waals surface area contributed by atoms with Gasteiger partial charge in [0.25, 0.3) is 11.8 Å². The Hall–Kier alpha value is -2.74. The van der Waals surface area contributed by atoms with Gasteiger partial charge in [-0.1, -0.05) is 0 Å². The van der Waals surface area contributed by atoms with E-state index in [1.807, 2.05) is 6.92 Å². The standard InChI is InChI=1S/C16H17N3O4S/c1-10-18-13(9-24-10)16(22)19-12-5-3-11(4-6-12)15(21)17-8-7-14(20)23-2/h3-6,9H,7-8H2,1-2H3,(H,17,21)(H,19,22). The van der Waals surface area contributed by atoms with Gasteiger partial charge in [0.1, 0.15) is 5.69 Å². The molecule has 2 amide bonds. The molecule has 0 spiro atoms. The zero-order valence-corrected chi connectivity index (χ0v) is 14.1. The van der Waals surface area contributed by atoms with Crippen LogP contribution in [0.2, 0.25) is 0 Å². The molecule has 1 heterocycles. The maximum absolute atomic E-state index is 12.0. The summed E-state index contributed by atoms with van der Waals surface area (Å²) >= 11 is 1.40. The lowest BCUT2D eigenvalue weighted by Gasteiger charge is -2.06. The van der Waals surface area contributed by atoms with E-state index in [1.54, 1.807) is 29.6 Å². The van der Waals surface area contributed by atoms with Gasteiger partial charge < -0.3 is 15.4 Å². The van der Waals surface area contributed by atoms with Crippen LogP contribution < -0.4 is 10.6 Å². The van der Waals surface area contributed by atoms with Gasteiger partial charge in [-0.2, -0.15) is 0 Å². The predicted molar refractivity (Wildman–Crippen MR) is 90.2 cm³/mol. The molecule has 0 unspecified atom stereocenters. The number of carbonyl (C=O) groups excluding carboxylic acids is 3.